The van der Waals surface area contributed by atoms with Crippen LogP contribution in [0.2, 0.25) is 0 Å². The lowest BCUT2D eigenvalue weighted by Gasteiger charge is -2.10. The number of nitrogens with one attached hydrogen (secondary N) is 1. The summed E-state index contributed by atoms with van der Waals surface area (Å²) < 4.78 is 0. The Morgan fingerprint density at radius 1 is 1.40 bits per heavy atom. The lowest BCUT2D eigenvalue weighted by atomic mass is 10.1. The van der Waals surface area contributed by atoms with Crippen molar-refractivity contribution in [3.8, 4) is 0 Å². The van der Waals surface area contributed by atoms with Gasteiger partial charge in [0.15, 0.2) is 0 Å². The first-order chi connectivity index (χ1) is 6.99. The fourth-order valence-corrected chi connectivity index (χ4v) is 1.48. The van der Waals surface area contributed by atoms with Crippen LogP contribution in [0.25, 0.3) is 0 Å². The zero-order valence-corrected chi connectivity index (χ0v) is 8.86. The Morgan fingerprint density at radius 3 is 2.53 bits per heavy atom. The quantitative estimate of drug-likeness (QED) is 0.540. The lowest BCUT2D eigenvalue weighted by molar-refractivity contribution is -0.140. The molecular formula is C11H15NO3. The van der Waals surface area contributed by atoms with E-state index in [1.165, 1.54) is 6.08 Å². The predicted molar refractivity (Wildman–Crippen MR) is 56.2 cm³/mol. The molecule has 2 N–H and O–H groups in total. The van der Waals surface area contributed by atoms with Gasteiger partial charge < -0.3 is 10.4 Å². The Kier molecular flexibility index (Phi) is 3.66. The molecule has 0 saturated carbocycles. The van der Waals surface area contributed by atoms with Gasteiger partial charge in [0.1, 0.15) is 0 Å². The number of carbonyl (C=O) groups is 2. The van der Waals surface area contributed by atoms with E-state index in [1.807, 2.05) is 13.8 Å². The SMILES string of the molecule is CC(C)=CC(=O)NC1C=CC(C(=O)O)C1. The van der Waals surface area contributed by atoms with Crippen LogP contribution in [-0.4, -0.2) is 23.0 Å². The second-order valence-electron chi connectivity index (χ2n) is 3.90. The average molecular weight is 209 g/mol. The van der Waals surface area contributed by atoms with Gasteiger partial charge >= 0.3 is 5.97 Å². The molecule has 0 radical (unpaired) electrons. The van der Waals surface area contributed by atoms with E-state index in [-0.39, 0.29) is 11.9 Å². The maximum atomic E-state index is 11.3. The van der Waals surface area contributed by atoms with Crippen LogP contribution >= 0.6 is 0 Å². The van der Waals surface area contributed by atoms with Gasteiger partial charge in [0, 0.05) is 12.1 Å². The molecule has 4 nitrogen and oxygen atoms in total. The van der Waals surface area contributed by atoms with E-state index in [9.17, 15) is 9.59 Å². The summed E-state index contributed by atoms with van der Waals surface area (Å²) >= 11 is 0. The first-order valence-corrected chi connectivity index (χ1v) is 4.85. The number of carboxylic acids is 1. The van der Waals surface area contributed by atoms with Crippen molar-refractivity contribution in [2.45, 2.75) is 26.3 Å². The number of amides is 1. The fourth-order valence-electron chi connectivity index (χ4n) is 1.48. The molecule has 2 unspecified atom stereocenters. The van der Waals surface area contributed by atoms with Crippen molar-refractivity contribution in [2.24, 2.45) is 5.92 Å². The number of carboxylic acid groups (broad SMARTS) is 1. The van der Waals surface area contributed by atoms with E-state index in [0.29, 0.717) is 6.42 Å². The zero-order chi connectivity index (χ0) is 11.4. The molecule has 0 spiro atoms. The molecule has 1 aliphatic rings. The molecule has 82 valence electrons. The van der Waals surface area contributed by atoms with Gasteiger partial charge in [-0.05, 0) is 20.3 Å². The van der Waals surface area contributed by atoms with E-state index in [4.69, 9.17) is 5.11 Å². The summed E-state index contributed by atoms with van der Waals surface area (Å²) in [5, 5.41) is 11.5. The highest BCUT2D eigenvalue weighted by Gasteiger charge is 2.24. The van der Waals surface area contributed by atoms with Crippen LogP contribution in [0.5, 0.6) is 0 Å². The highest BCUT2D eigenvalue weighted by molar-refractivity contribution is 5.88. The number of hydrogen-bond acceptors (Lipinski definition) is 2. The molecule has 1 amide bonds. The third-order valence-corrected chi connectivity index (χ3v) is 2.15. The Balaban J connectivity index is 2.44. The second kappa shape index (κ2) is 4.77. The van der Waals surface area contributed by atoms with Gasteiger partial charge in [-0.1, -0.05) is 17.7 Å². The van der Waals surface area contributed by atoms with Crippen molar-refractivity contribution in [3.63, 3.8) is 0 Å². The standard InChI is InChI=1S/C11H15NO3/c1-7(2)5-10(13)12-9-4-3-8(6-9)11(14)15/h3-5,8-9H,6H2,1-2H3,(H,12,13)(H,14,15). The minimum atomic E-state index is -0.842. The number of aliphatic carboxylic acids is 1. The molecule has 4 heteroatoms. The summed E-state index contributed by atoms with van der Waals surface area (Å²) in [7, 11) is 0. The first-order valence-electron chi connectivity index (χ1n) is 4.85. The molecule has 0 saturated heterocycles. The maximum Gasteiger partial charge on any atom is 0.310 e. The third-order valence-electron chi connectivity index (χ3n) is 2.15. The summed E-state index contributed by atoms with van der Waals surface area (Å²) in [6.07, 6.45) is 5.30. The minimum Gasteiger partial charge on any atom is -0.481 e. The molecule has 0 aromatic heterocycles. The van der Waals surface area contributed by atoms with Crippen molar-refractivity contribution in [2.75, 3.05) is 0 Å². The molecular weight excluding hydrogens is 194 g/mol. The lowest BCUT2D eigenvalue weighted by Crippen LogP contribution is -2.32. The number of rotatable bonds is 3. The van der Waals surface area contributed by atoms with Crippen LogP contribution in [0.15, 0.2) is 23.8 Å². The summed E-state index contributed by atoms with van der Waals surface area (Å²) in [5.41, 5.74) is 0.921. The van der Waals surface area contributed by atoms with Gasteiger partial charge in [-0.3, -0.25) is 9.59 Å². The van der Waals surface area contributed by atoms with Gasteiger partial charge in [0.2, 0.25) is 5.91 Å². The van der Waals surface area contributed by atoms with Crippen molar-refractivity contribution in [1.82, 2.24) is 5.32 Å². The van der Waals surface area contributed by atoms with Crippen LogP contribution in [0, 0.1) is 5.92 Å². The topological polar surface area (TPSA) is 66.4 Å². The molecule has 0 aliphatic heterocycles. The van der Waals surface area contributed by atoms with Gasteiger partial charge in [-0.25, -0.2) is 0 Å². The molecule has 1 rings (SSSR count). The van der Waals surface area contributed by atoms with Crippen LogP contribution in [-0.2, 0) is 9.59 Å². The molecule has 15 heavy (non-hydrogen) atoms. The van der Waals surface area contributed by atoms with E-state index in [1.54, 1.807) is 12.2 Å². The molecule has 0 fully saturated rings. The van der Waals surface area contributed by atoms with Crippen LogP contribution in [0.4, 0.5) is 0 Å². The fraction of sp³-hybridized carbons (Fsp3) is 0.455. The predicted octanol–water partition coefficient (Wildman–Crippen LogP) is 1.10. The Bertz CT molecular complexity index is 327. The molecule has 0 bridgehead atoms. The van der Waals surface area contributed by atoms with Crippen LogP contribution < -0.4 is 5.32 Å². The number of carbonyl (C=O) groups excluding carboxylic acids is 1. The van der Waals surface area contributed by atoms with Gasteiger partial charge in [0.05, 0.1) is 5.92 Å². The van der Waals surface area contributed by atoms with E-state index >= 15 is 0 Å². The number of hydrogen-bond donors (Lipinski definition) is 2. The molecule has 0 aromatic carbocycles. The summed E-state index contributed by atoms with van der Waals surface area (Å²) in [6, 6.07) is -0.158. The molecule has 2 atom stereocenters. The Hall–Kier alpha value is -1.58. The first kappa shape index (κ1) is 11.5. The van der Waals surface area contributed by atoms with E-state index in [0.717, 1.165) is 5.57 Å². The summed E-state index contributed by atoms with van der Waals surface area (Å²) in [6.45, 7) is 3.67. The average Bonchev–Trinajstić information content (AvgIpc) is 2.50. The summed E-state index contributed by atoms with van der Waals surface area (Å²) in [5.74, 6) is -1.48. The third kappa shape index (κ3) is 3.58. The van der Waals surface area contributed by atoms with Crippen molar-refractivity contribution < 1.29 is 14.7 Å². The maximum absolute atomic E-state index is 11.3. The Labute approximate surface area is 88.7 Å². The van der Waals surface area contributed by atoms with Crippen molar-refractivity contribution in [1.29, 1.82) is 0 Å². The van der Waals surface area contributed by atoms with E-state index in [2.05, 4.69) is 5.32 Å². The largest absolute Gasteiger partial charge is 0.481 e. The Morgan fingerprint density at radius 2 is 2.07 bits per heavy atom. The van der Waals surface area contributed by atoms with Crippen LogP contribution in [0.1, 0.15) is 20.3 Å². The molecule has 1 aliphatic carbocycles. The van der Waals surface area contributed by atoms with Gasteiger partial charge in [-0.15, -0.1) is 0 Å². The van der Waals surface area contributed by atoms with Crippen molar-refractivity contribution in [3.05, 3.63) is 23.8 Å². The smallest absolute Gasteiger partial charge is 0.310 e. The normalized spacial score (nSPS) is 23.6. The monoisotopic (exact) mass is 209 g/mol. The second-order valence-corrected chi connectivity index (χ2v) is 3.90. The summed E-state index contributed by atoms with van der Waals surface area (Å²) in [4.78, 5) is 22.0. The molecule has 0 heterocycles. The minimum absolute atomic E-state index is 0.158. The van der Waals surface area contributed by atoms with Gasteiger partial charge in [-0.2, -0.15) is 0 Å². The zero-order valence-electron chi connectivity index (χ0n) is 8.86. The number of allylic oxidation sites excluding steroid dienone is 1. The highest BCUT2D eigenvalue weighted by Crippen LogP contribution is 2.17. The van der Waals surface area contributed by atoms with Crippen LogP contribution in [0.3, 0.4) is 0 Å². The van der Waals surface area contributed by atoms with Gasteiger partial charge in [0.25, 0.3) is 0 Å². The van der Waals surface area contributed by atoms with Crippen molar-refractivity contribution >= 4 is 11.9 Å². The van der Waals surface area contributed by atoms with E-state index < -0.39 is 11.9 Å². The molecule has 0 aromatic rings. The highest BCUT2D eigenvalue weighted by atomic mass is 16.4.